The first-order valence-corrected chi connectivity index (χ1v) is 6.56. The van der Waals surface area contributed by atoms with Crippen LogP contribution in [0.15, 0.2) is 12.4 Å². The van der Waals surface area contributed by atoms with E-state index in [0.29, 0.717) is 19.0 Å². The third-order valence-corrected chi connectivity index (χ3v) is 3.18. The van der Waals surface area contributed by atoms with Gasteiger partial charge in [0.25, 0.3) is 0 Å². The van der Waals surface area contributed by atoms with E-state index in [4.69, 9.17) is 0 Å². The maximum Gasteiger partial charge on any atom is 0.221 e. The molecule has 0 saturated heterocycles. The van der Waals surface area contributed by atoms with Gasteiger partial charge < -0.3 is 10.6 Å². The van der Waals surface area contributed by atoms with Gasteiger partial charge in [0, 0.05) is 30.8 Å². The number of aryl methyl sites for hydroxylation is 1. The summed E-state index contributed by atoms with van der Waals surface area (Å²) in [5.41, 5.74) is 0.919. The summed E-state index contributed by atoms with van der Waals surface area (Å²) in [4.78, 5) is 19.8. The molecule has 0 spiro atoms. The molecule has 1 aromatic heterocycles. The molecule has 1 aliphatic rings. The Hall–Kier alpha value is -1.65. The van der Waals surface area contributed by atoms with Crippen LogP contribution in [0.3, 0.4) is 0 Å². The average Bonchev–Trinajstić information content (AvgIpc) is 2.82. The molecular weight excluding hydrogens is 228 g/mol. The lowest BCUT2D eigenvalue weighted by molar-refractivity contribution is -0.121. The van der Waals surface area contributed by atoms with Gasteiger partial charge in [0.1, 0.15) is 12.1 Å². The number of anilines is 1. The van der Waals surface area contributed by atoms with Gasteiger partial charge in [-0.25, -0.2) is 9.97 Å². The summed E-state index contributed by atoms with van der Waals surface area (Å²) < 4.78 is 0. The first-order chi connectivity index (χ1) is 8.74. The van der Waals surface area contributed by atoms with E-state index in [1.54, 1.807) is 0 Å². The number of nitrogens with one attached hydrogen (secondary N) is 2. The highest BCUT2D eigenvalue weighted by Crippen LogP contribution is 2.17. The normalized spacial score (nSPS) is 15.6. The van der Waals surface area contributed by atoms with Crippen LogP contribution in [0.5, 0.6) is 0 Å². The van der Waals surface area contributed by atoms with Crippen LogP contribution in [0, 0.1) is 6.92 Å². The Morgan fingerprint density at radius 2 is 2.17 bits per heavy atom. The largest absolute Gasteiger partial charge is 0.369 e. The van der Waals surface area contributed by atoms with E-state index in [1.807, 2.05) is 13.0 Å². The highest BCUT2D eigenvalue weighted by Gasteiger charge is 2.16. The predicted octanol–water partition coefficient (Wildman–Crippen LogP) is 1.65. The molecule has 0 bridgehead atoms. The molecule has 0 unspecified atom stereocenters. The van der Waals surface area contributed by atoms with Gasteiger partial charge in [-0.2, -0.15) is 0 Å². The summed E-state index contributed by atoms with van der Waals surface area (Å²) in [6, 6.07) is 2.27. The smallest absolute Gasteiger partial charge is 0.221 e. The maximum absolute atomic E-state index is 11.7. The molecular formula is C13H20N4O. The van der Waals surface area contributed by atoms with Crippen molar-refractivity contribution in [1.29, 1.82) is 0 Å². The number of amides is 1. The molecule has 18 heavy (non-hydrogen) atoms. The van der Waals surface area contributed by atoms with Crippen LogP contribution in [0.4, 0.5) is 5.82 Å². The van der Waals surface area contributed by atoms with Crippen molar-refractivity contribution in [3.63, 3.8) is 0 Å². The van der Waals surface area contributed by atoms with E-state index < -0.39 is 0 Å². The molecule has 5 nitrogen and oxygen atoms in total. The number of carbonyl (C=O) groups is 1. The minimum atomic E-state index is 0.125. The molecule has 2 rings (SSSR count). The maximum atomic E-state index is 11.7. The summed E-state index contributed by atoms with van der Waals surface area (Å²) >= 11 is 0. The van der Waals surface area contributed by atoms with Crippen LogP contribution in [0.2, 0.25) is 0 Å². The number of aromatic nitrogens is 2. The Kier molecular flexibility index (Phi) is 4.50. The van der Waals surface area contributed by atoms with Gasteiger partial charge in [0.2, 0.25) is 5.91 Å². The quantitative estimate of drug-likeness (QED) is 0.831. The van der Waals surface area contributed by atoms with Crippen LogP contribution in [0.25, 0.3) is 0 Å². The lowest BCUT2D eigenvalue weighted by Gasteiger charge is -2.12. The van der Waals surface area contributed by atoms with Crippen LogP contribution in [-0.2, 0) is 4.79 Å². The molecule has 5 heteroatoms. The second kappa shape index (κ2) is 6.33. The SMILES string of the molecule is Cc1cc(NCCC(=O)NC2CCCC2)ncn1. The summed E-state index contributed by atoms with van der Waals surface area (Å²) in [6.45, 7) is 2.52. The molecule has 1 heterocycles. The number of nitrogens with zero attached hydrogens (tertiary/aromatic N) is 2. The van der Waals surface area contributed by atoms with Gasteiger partial charge in [-0.3, -0.25) is 4.79 Å². The van der Waals surface area contributed by atoms with Crippen LogP contribution in [0.1, 0.15) is 37.8 Å². The summed E-state index contributed by atoms with van der Waals surface area (Å²) in [5, 5.41) is 6.19. The first kappa shape index (κ1) is 12.8. The molecule has 1 aliphatic carbocycles. The molecule has 0 atom stereocenters. The zero-order valence-electron chi connectivity index (χ0n) is 10.8. The lowest BCUT2D eigenvalue weighted by Crippen LogP contribution is -2.33. The monoisotopic (exact) mass is 248 g/mol. The highest BCUT2D eigenvalue weighted by molar-refractivity contribution is 5.76. The molecule has 2 N–H and O–H groups in total. The molecule has 1 saturated carbocycles. The second-order valence-electron chi connectivity index (χ2n) is 4.77. The Labute approximate surface area is 107 Å². The Morgan fingerprint density at radius 1 is 1.39 bits per heavy atom. The third kappa shape index (κ3) is 3.98. The fraction of sp³-hybridized carbons (Fsp3) is 0.615. The average molecular weight is 248 g/mol. The molecule has 1 amide bonds. The Morgan fingerprint density at radius 3 is 2.89 bits per heavy atom. The topological polar surface area (TPSA) is 66.9 Å². The molecule has 1 fully saturated rings. The second-order valence-corrected chi connectivity index (χ2v) is 4.77. The van der Waals surface area contributed by atoms with Crippen molar-refractivity contribution in [1.82, 2.24) is 15.3 Å². The van der Waals surface area contributed by atoms with E-state index in [1.165, 1.54) is 19.2 Å². The molecule has 1 aromatic rings. The minimum absolute atomic E-state index is 0.125. The van der Waals surface area contributed by atoms with Crippen molar-refractivity contribution in [2.75, 3.05) is 11.9 Å². The van der Waals surface area contributed by atoms with Crippen molar-refractivity contribution in [3.8, 4) is 0 Å². The van der Waals surface area contributed by atoms with E-state index >= 15 is 0 Å². The summed E-state index contributed by atoms with van der Waals surface area (Å²) in [7, 11) is 0. The Balaban J connectivity index is 1.66. The standard InChI is InChI=1S/C13H20N4O/c1-10-8-12(16-9-15-10)14-7-6-13(18)17-11-4-2-3-5-11/h8-9,11H,2-7H2,1H3,(H,17,18)(H,14,15,16). The van der Waals surface area contributed by atoms with E-state index in [9.17, 15) is 4.79 Å². The van der Waals surface area contributed by atoms with Crippen LogP contribution >= 0.6 is 0 Å². The number of hydrogen-bond donors (Lipinski definition) is 2. The van der Waals surface area contributed by atoms with E-state index in [-0.39, 0.29) is 5.91 Å². The Bertz CT molecular complexity index is 402. The molecule has 98 valence electrons. The van der Waals surface area contributed by atoms with Gasteiger partial charge in [-0.1, -0.05) is 12.8 Å². The number of hydrogen-bond acceptors (Lipinski definition) is 4. The summed E-state index contributed by atoms with van der Waals surface area (Å²) in [6.07, 6.45) is 6.75. The summed E-state index contributed by atoms with van der Waals surface area (Å²) in [5.74, 6) is 0.899. The highest BCUT2D eigenvalue weighted by atomic mass is 16.1. The first-order valence-electron chi connectivity index (χ1n) is 6.56. The van der Waals surface area contributed by atoms with Crippen LogP contribution < -0.4 is 10.6 Å². The van der Waals surface area contributed by atoms with Crippen molar-refractivity contribution in [2.24, 2.45) is 0 Å². The van der Waals surface area contributed by atoms with Gasteiger partial charge in [0.15, 0.2) is 0 Å². The molecule has 0 aliphatic heterocycles. The number of rotatable bonds is 5. The van der Waals surface area contributed by atoms with Crippen molar-refractivity contribution in [3.05, 3.63) is 18.1 Å². The zero-order valence-corrected chi connectivity index (χ0v) is 10.8. The fourth-order valence-electron chi connectivity index (χ4n) is 2.23. The van der Waals surface area contributed by atoms with Gasteiger partial charge in [-0.15, -0.1) is 0 Å². The zero-order chi connectivity index (χ0) is 12.8. The number of carbonyl (C=O) groups excluding carboxylic acids is 1. The van der Waals surface area contributed by atoms with E-state index in [2.05, 4.69) is 20.6 Å². The minimum Gasteiger partial charge on any atom is -0.369 e. The molecule has 0 aromatic carbocycles. The van der Waals surface area contributed by atoms with E-state index in [0.717, 1.165) is 24.4 Å². The third-order valence-electron chi connectivity index (χ3n) is 3.18. The van der Waals surface area contributed by atoms with Gasteiger partial charge in [0.05, 0.1) is 0 Å². The van der Waals surface area contributed by atoms with Crippen molar-refractivity contribution >= 4 is 11.7 Å². The van der Waals surface area contributed by atoms with Crippen molar-refractivity contribution < 1.29 is 4.79 Å². The van der Waals surface area contributed by atoms with Crippen LogP contribution in [-0.4, -0.2) is 28.5 Å². The fourth-order valence-corrected chi connectivity index (χ4v) is 2.23. The van der Waals surface area contributed by atoms with Gasteiger partial charge >= 0.3 is 0 Å². The van der Waals surface area contributed by atoms with Crippen molar-refractivity contribution in [2.45, 2.75) is 45.1 Å². The lowest BCUT2D eigenvalue weighted by atomic mass is 10.2. The molecule has 0 radical (unpaired) electrons. The van der Waals surface area contributed by atoms with Gasteiger partial charge in [-0.05, 0) is 19.8 Å². The predicted molar refractivity (Wildman–Crippen MR) is 70.3 cm³/mol.